The first-order valence-electron chi connectivity index (χ1n) is 13.8. The average molecular weight is 551 g/mol. The number of unbranched alkanes of at least 4 members (excludes halogenated alkanes) is 1. The number of imide groups is 1. The number of anilines is 1. The minimum absolute atomic E-state index is 0.00397. The quantitative estimate of drug-likeness (QED) is 0.420. The van der Waals surface area contributed by atoms with Crippen LogP contribution in [0.3, 0.4) is 0 Å². The van der Waals surface area contributed by atoms with Gasteiger partial charge in [0.25, 0.3) is 0 Å². The van der Waals surface area contributed by atoms with Crippen LogP contribution in [0.15, 0.2) is 42.7 Å². The molecule has 3 aliphatic heterocycles. The van der Waals surface area contributed by atoms with Crippen LogP contribution >= 0.6 is 0 Å². The monoisotopic (exact) mass is 550 g/mol. The number of benzene rings is 1. The average Bonchev–Trinajstić information content (AvgIpc) is 3.65. The first kappa shape index (κ1) is 27.6. The number of carbonyl (C=O) groups excluding carboxylic acids is 3. The Morgan fingerprint density at radius 1 is 1.12 bits per heavy atom. The molecule has 0 spiro atoms. The van der Waals surface area contributed by atoms with Crippen LogP contribution in [-0.2, 0) is 19.2 Å². The fourth-order valence-electron chi connectivity index (χ4n) is 5.95. The third-order valence-corrected chi connectivity index (χ3v) is 7.99. The Morgan fingerprint density at radius 2 is 1.90 bits per heavy atom. The van der Waals surface area contributed by atoms with Crippen LogP contribution in [0, 0.1) is 5.92 Å². The van der Waals surface area contributed by atoms with Crippen molar-refractivity contribution in [2.75, 3.05) is 37.9 Å². The zero-order chi connectivity index (χ0) is 28.2. The SMILES string of the molecule is CCCCN(C(=O)CN1CC(c2ccc3c(c2)OCO3)C(C(=O)O)C1CCN1C(=O)CCC1=O)c1cccnc1. The van der Waals surface area contributed by atoms with Gasteiger partial charge in [0.1, 0.15) is 0 Å². The first-order valence-corrected chi connectivity index (χ1v) is 13.8. The van der Waals surface area contributed by atoms with Gasteiger partial charge in [-0.15, -0.1) is 0 Å². The van der Waals surface area contributed by atoms with Crippen LogP contribution in [0.4, 0.5) is 5.69 Å². The molecular weight excluding hydrogens is 516 g/mol. The number of ether oxygens (including phenoxy) is 2. The lowest BCUT2D eigenvalue weighted by Gasteiger charge is -2.30. The van der Waals surface area contributed by atoms with E-state index in [0.717, 1.165) is 18.4 Å². The second-order valence-corrected chi connectivity index (χ2v) is 10.4. The highest BCUT2D eigenvalue weighted by Gasteiger charge is 2.48. The van der Waals surface area contributed by atoms with E-state index in [9.17, 15) is 24.3 Å². The molecule has 212 valence electrons. The molecule has 3 aliphatic rings. The summed E-state index contributed by atoms with van der Waals surface area (Å²) in [5, 5.41) is 10.4. The van der Waals surface area contributed by atoms with Crippen molar-refractivity contribution in [3.8, 4) is 11.5 Å². The molecule has 11 heteroatoms. The Hall–Kier alpha value is -3.99. The normalized spacial score (nSPS) is 22.2. The molecule has 1 aromatic heterocycles. The summed E-state index contributed by atoms with van der Waals surface area (Å²) in [6, 6.07) is 8.47. The second-order valence-electron chi connectivity index (χ2n) is 10.4. The zero-order valence-electron chi connectivity index (χ0n) is 22.5. The van der Waals surface area contributed by atoms with Gasteiger partial charge in [-0.25, -0.2) is 0 Å². The van der Waals surface area contributed by atoms with E-state index in [4.69, 9.17) is 9.47 Å². The number of rotatable bonds is 11. The molecule has 1 N–H and O–H groups in total. The van der Waals surface area contributed by atoms with E-state index in [1.165, 1.54) is 4.90 Å². The Kier molecular flexibility index (Phi) is 8.29. The number of hydrogen-bond donors (Lipinski definition) is 1. The van der Waals surface area contributed by atoms with Gasteiger partial charge in [-0.05, 0) is 42.7 Å². The van der Waals surface area contributed by atoms with Crippen LogP contribution in [-0.4, -0.2) is 82.6 Å². The number of carboxylic acid groups (broad SMARTS) is 1. The number of aliphatic carboxylic acids is 1. The van der Waals surface area contributed by atoms with Crippen LogP contribution in [0.2, 0.25) is 0 Å². The molecule has 0 saturated carbocycles. The number of pyridine rings is 1. The number of carboxylic acids is 1. The van der Waals surface area contributed by atoms with E-state index in [-0.39, 0.29) is 56.9 Å². The summed E-state index contributed by atoms with van der Waals surface area (Å²) in [5.74, 6) is -1.76. The molecule has 0 aliphatic carbocycles. The molecule has 40 heavy (non-hydrogen) atoms. The van der Waals surface area contributed by atoms with Crippen LogP contribution in [0.5, 0.6) is 11.5 Å². The van der Waals surface area contributed by atoms with Crippen molar-refractivity contribution < 1.29 is 33.8 Å². The molecule has 1 aromatic carbocycles. The van der Waals surface area contributed by atoms with Crippen LogP contribution in [0.25, 0.3) is 0 Å². The molecule has 2 fully saturated rings. The highest BCUT2D eigenvalue weighted by atomic mass is 16.7. The second kappa shape index (κ2) is 12.0. The fraction of sp³-hybridized carbons (Fsp3) is 0.483. The Bertz CT molecular complexity index is 1250. The molecule has 11 nitrogen and oxygen atoms in total. The van der Waals surface area contributed by atoms with Gasteiger partial charge in [-0.3, -0.25) is 34.0 Å². The topological polar surface area (TPSA) is 130 Å². The van der Waals surface area contributed by atoms with Crippen LogP contribution < -0.4 is 14.4 Å². The number of aromatic nitrogens is 1. The van der Waals surface area contributed by atoms with Gasteiger partial charge in [0.15, 0.2) is 11.5 Å². The Morgan fingerprint density at radius 3 is 2.60 bits per heavy atom. The molecule has 4 heterocycles. The maximum absolute atomic E-state index is 13.7. The number of hydrogen-bond acceptors (Lipinski definition) is 8. The number of likely N-dealkylation sites (tertiary alicyclic amines) is 2. The Labute approximate surface area is 232 Å². The number of nitrogens with zero attached hydrogens (tertiary/aromatic N) is 4. The number of fused-ring (bicyclic) bond motifs is 1. The van der Waals surface area contributed by atoms with E-state index in [0.29, 0.717) is 30.3 Å². The fourth-order valence-corrected chi connectivity index (χ4v) is 5.95. The van der Waals surface area contributed by atoms with Crippen molar-refractivity contribution >= 4 is 29.4 Å². The summed E-state index contributed by atoms with van der Waals surface area (Å²) in [6.45, 7) is 3.11. The Balaban J connectivity index is 1.43. The van der Waals surface area contributed by atoms with Crippen molar-refractivity contribution in [2.45, 2.75) is 51.0 Å². The third kappa shape index (κ3) is 5.65. The smallest absolute Gasteiger partial charge is 0.308 e. The third-order valence-electron chi connectivity index (χ3n) is 7.99. The maximum Gasteiger partial charge on any atom is 0.308 e. The molecule has 0 radical (unpaired) electrons. The van der Waals surface area contributed by atoms with Crippen molar-refractivity contribution in [1.82, 2.24) is 14.8 Å². The molecular formula is C29H34N4O7. The molecule has 3 unspecified atom stereocenters. The van der Waals surface area contributed by atoms with E-state index in [2.05, 4.69) is 11.9 Å². The highest BCUT2D eigenvalue weighted by Crippen LogP contribution is 2.43. The summed E-state index contributed by atoms with van der Waals surface area (Å²) in [7, 11) is 0. The van der Waals surface area contributed by atoms with E-state index in [1.807, 2.05) is 23.1 Å². The summed E-state index contributed by atoms with van der Waals surface area (Å²) in [4.78, 5) is 60.1. The van der Waals surface area contributed by atoms with E-state index < -0.39 is 23.8 Å². The van der Waals surface area contributed by atoms with Crippen LogP contribution in [0.1, 0.15) is 50.5 Å². The van der Waals surface area contributed by atoms with Gasteiger partial charge in [-0.2, -0.15) is 0 Å². The summed E-state index contributed by atoms with van der Waals surface area (Å²) in [6.07, 6.45) is 5.61. The first-order chi connectivity index (χ1) is 19.4. The maximum atomic E-state index is 13.7. The minimum atomic E-state index is -0.989. The van der Waals surface area contributed by atoms with Crippen molar-refractivity contribution in [3.05, 3.63) is 48.3 Å². The standard InChI is InChI=1S/C29H34N4O7/c1-2-3-12-32(20-5-4-11-30-15-20)27(36)17-31-16-21(19-6-7-23-24(14-19)40-18-39-23)28(29(37)38)22(31)10-13-33-25(34)8-9-26(33)35/h4-7,11,14-15,21-22,28H,2-3,8-10,12-13,16-18H2,1H3,(H,37,38). The molecule has 5 rings (SSSR count). The van der Waals surface area contributed by atoms with E-state index >= 15 is 0 Å². The lowest BCUT2D eigenvalue weighted by atomic mass is 9.84. The van der Waals surface area contributed by atoms with Crippen molar-refractivity contribution in [1.29, 1.82) is 0 Å². The minimum Gasteiger partial charge on any atom is -0.481 e. The lowest BCUT2D eigenvalue weighted by Crippen LogP contribution is -2.46. The van der Waals surface area contributed by atoms with Gasteiger partial charge in [0.05, 0.1) is 24.3 Å². The zero-order valence-corrected chi connectivity index (χ0v) is 22.5. The predicted octanol–water partition coefficient (Wildman–Crippen LogP) is 2.65. The van der Waals surface area contributed by atoms with Gasteiger partial charge in [0.2, 0.25) is 24.5 Å². The number of amides is 3. The molecule has 2 aromatic rings. The van der Waals surface area contributed by atoms with E-state index in [1.54, 1.807) is 29.4 Å². The van der Waals surface area contributed by atoms with Gasteiger partial charge < -0.3 is 19.5 Å². The molecule has 3 atom stereocenters. The molecule has 2 saturated heterocycles. The lowest BCUT2D eigenvalue weighted by molar-refractivity contribution is -0.143. The summed E-state index contributed by atoms with van der Waals surface area (Å²) < 4.78 is 11.0. The predicted molar refractivity (Wildman–Crippen MR) is 144 cm³/mol. The molecule has 3 amide bonds. The highest BCUT2D eigenvalue weighted by molar-refractivity contribution is 6.01. The molecule has 0 bridgehead atoms. The van der Waals surface area contributed by atoms with Gasteiger partial charge in [-0.1, -0.05) is 19.4 Å². The van der Waals surface area contributed by atoms with Gasteiger partial charge >= 0.3 is 5.97 Å². The van der Waals surface area contributed by atoms with Crippen molar-refractivity contribution in [2.24, 2.45) is 5.92 Å². The largest absolute Gasteiger partial charge is 0.481 e. The van der Waals surface area contributed by atoms with Crippen molar-refractivity contribution in [3.63, 3.8) is 0 Å². The summed E-state index contributed by atoms with van der Waals surface area (Å²) in [5.41, 5.74) is 1.46. The summed E-state index contributed by atoms with van der Waals surface area (Å²) >= 11 is 0. The van der Waals surface area contributed by atoms with Gasteiger partial charge in [0, 0.05) is 50.6 Å². The number of carbonyl (C=O) groups is 4.